The number of hydrogen-bond donors (Lipinski definition) is 1. The van der Waals surface area contributed by atoms with Crippen LogP contribution in [0.4, 0.5) is 24.5 Å². The molecule has 2 aliphatic rings. The largest absolute Gasteiger partial charge is 0.455 e. The van der Waals surface area contributed by atoms with Gasteiger partial charge in [0.15, 0.2) is 6.61 Å². The van der Waals surface area contributed by atoms with E-state index in [1.807, 2.05) is 30.3 Å². The van der Waals surface area contributed by atoms with Crippen molar-refractivity contribution >= 4 is 29.2 Å². The Labute approximate surface area is 200 Å². The normalized spacial score (nSPS) is 20.3. The third-order valence-corrected chi connectivity index (χ3v) is 6.28. The lowest BCUT2D eigenvalue weighted by molar-refractivity contribution is -0.152. The van der Waals surface area contributed by atoms with Crippen molar-refractivity contribution in [2.45, 2.75) is 19.0 Å². The Balaban J connectivity index is 1.21. The molecule has 2 atom stereocenters. The Morgan fingerprint density at radius 1 is 1.03 bits per heavy atom. The standard InChI is InChI=1S/C25H26F3N3O4/c26-25(27,28)19-5-4-8-21(12-19)31-15-18(11-23(31)33)24(34)35-16-22(32)29-13-17-9-10-30(14-17)20-6-2-1-3-7-20/h1-8,12,17-18H,9-11,13-16H2,(H,29,32). The van der Waals surface area contributed by atoms with Gasteiger partial charge >= 0.3 is 12.1 Å². The van der Waals surface area contributed by atoms with Crippen molar-refractivity contribution in [3.8, 4) is 0 Å². The molecule has 7 nitrogen and oxygen atoms in total. The lowest BCUT2D eigenvalue weighted by Crippen LogP contribution is -2.35. The van der Waals surface area contributed by atoms with Crippen LogP contribution in [-0.4, -0.2) is 50.6 Å². The summed E-state index contributed by atoms with van der Waals surface area (Å²) < 4.78 is 44.0. The van der Waals surface area contributed by atoms with E-state index in [1.165, 1.54) is 12.1 Å². The van der Waals surface area contributed by atoms with Gasteiger partial charge in [-0.15, -0.1) is 0 Å². The Bertz CT molecular complexity index is 1080. The van der Waals surface area contributed by atoms with Crippen LogP contribution in [0.15, 0.2) is 54.6 Å². The molecule has 35 heavy (non-hydrogen) atoms. The Kier molecular flexibility index (Phi) is 7.28. The molecular weight excluding hydrogens is 463 g/mol. The summed E-state index contributed by atoms with van der Waals surface area (Å²) in [5.41, 5.74) is 0.333. The molecule has 0 saturated carbocycles. The number of halogens is 3. The van der Waals surface area contributed by atoms with E-state index in [2.05, 4.69) is 10.2 Å². The highest BCUT2D eigenvalue weighted by molar-refractivity contribution is 5.99. The fraction of sp³-hybridized carbons (Fsp3) is 0.400. The van der Waals surface area contributed by atoms with Gasteiger partial charge in [0.2, 0.25) is 5.91 Å². The number of ether oxygens (including phenoxy) is 1. The summed E-state index contributed by atoms with van der Waals surface area (Å²) in [5.74, 6) is -2.20. The van der Waals surface area contributed by atoms with Crippen LogP contribution in [0.3, 0.4) is 0 Å². The molecule has 2 unspecified atom stereocenters. The van der Waals surface area contributed by atoms with Gasteiger partial charge in [0.1, 0.15) is 0 Å². The highest BCUT2D eigenvalue weighted by Crippen LogP contribution is 2.33. The zero-order chi connectivity index (χ0) is 25.0. The van der Waals surface area contributed by atoms with E-state index in [0.717, 1.165) is 42.2 Å². The number of carbonyl (C=O) groups is 3. The van der Waals surface area contributed by atoms with Crippen LogP contribution in [0.1, 0.15) is 18.4 Å². The minimum absolute atomic E-state index is 0.0685. The molecule has 186 valence electrons. The van der Waals surface area contributed by atoms with E-state index in [-0.39, 0.29) is 24.6 Å². The molecule has 0 aliphatic carbocycles. The third kappa shape index (κ3) is 6.12. The second kappa shape index (κ2) is 10.4. The van der Waals surface area contributed by atoms with Crippen LogP contribution in [0.25, 0.3) is 0 Å². The summed E-state index contributed by atoms with van der Waals surface area (Å²) in [4.78, 5) is 40.3. The number of amides is 2. The van der Waals surface area contributed by atoms with E-state index in [1.54, 1.807) is 0 Å². The first-order valence-electron chi connectivity index (χ1n) is 11.4. The van der Waals surface area contributed by atoms with Gasteiger partial charge in [0.05, 0.1) is 11.5 Å². The van der Waals surface area contributed by atoms with Gasteiger partial charge in [-0.25, -0.2) is 0 Å². The maximum atomic E-state index is 13.0. The first-order valence-corrected chi connectivity index (χ1v) is 11.4. The number of nitrogens with zero attached hydrogens (tertiary/aromatic N) is 2. The quantitative estimate of drug-likeness (QED) is 0.605. The minimum atomic E-state index is -4.54. The summed E-state index contributed by atoms with van der Waals surface area (Å²) in [7, 11) is 0. The Morgan fingerprint density at radius 3 is 2.51 bits per heavy atom. The van der Waals surface area contributed by atoms with E-state index >= 15 is 0 Å². The van der Waals surface area contributed by atoms with Crippen LogP contribution in [-0.2, 0) is 25.3 Å². The van der Waals surface area contributed by atoms with E-state index in [0.29, 0.717) is 6.54 Å². The second-order valence-corrected chi connectivity index (χ2v) is 8.80. The summed E-state index contributed by atoms with van der Waals surface area (Å²) in [6, 6.07) is 14.4. The van der Waals surface area contributed by atoms with Crippen LogP contribution < -0.4 is 15.1 Å². The van der Waals surface area contributed by atoms with E-state index < -0.39 is 42.0 Å². The number of benzene rings is 2. The maximum Gasteiger partial charge on any atom is 0.416 e. The average molecular weight is 489 g/mol. The molecule has 2 aliphatic heterocycles. The van der Waals surface area contributed by atoms with Crippen molar-refractivity contribution in [1.29, 1.82) is 0 Å². The number of carbonyl (C=O) groups excluding carboxylic acids is 3. The van der Waals surface area contributed by atoms with E-state index in [9.17, 15) is 27.6 Å². The van der Waals surface area contributed by atoms with Crippen molar-refractivity contribution in [1.82, 2.24) is 5.32 Å². The summed E-state index contributed by atoms with van der Waals surface area (Å²) in [6.07, 6.45) is -3.79. The average Bonchev–Trinajstić information content (AvgIpc) is 3.48. The zero-order valence-corrected chi connectivity index (χ0v) is 19.0. The van der Waals surface area contributed by atoms with Crippen molar-refractivity contribution in [3.05, 3.63) is 60.2 Å². The number of rotatable bonds is 7. The summed E-state index contributed by atoms with van der Waals surface area (Å²) in [5, 5.41) is 2.78. The number of hydrogen-bond acceptors (Lipinski definition) is 5. The van der Waals surface area contributed by atoms with Gasteiger partial charge in [-0.2, -0.15) is 13.2 Å². The van der Waals surface area contributed by atoms with Crippen LogP contribution in [0.2, 0.25) is 0 Å². The highest BCUT2D eigenvalue weighted by Gasteiger charge is 2.38. The van der Waals surface area contributed by atoms with Crippen LogP contribution >= 0.6 is 0 Å². The fourth-order valence-electron chi connectivity index (χ4n) is 4.40. The molecule has 10 heteroatoms. The second-order valence-electron chi connectivity index (χ2n) is 8.80. The molecule has 2 amide bonds. The van der Waals surface area contributed by atoms with Gasteiger partial charge in [-0.05, 0) is 42.7 Å². The molecule has 0 spiro atoms. The topological polar surface area (TPSA) is 79.0 Å². The van der Waals surface area contributed by atoms with Crippen molar-refractivity contribution in [2.75, 3.05) is 42.6 Å². The summed E-state index contributed by atoms with van der Waals surface area (Å²) >= 11 is 0. The fourth-order valence-corrected chi connectivity index (χ4v) is 4.40. The van der Waals surface area contributed by atoms with Gasteiger partial charge in [0, 0.05) is 44.0 Å². The summed E-state index contributed by atoms with van der Waals surface area (Å²) in [6.45, 7) is 1.61. The third-order valence-electron chi connectivity index (χ3n) is 6.28. The predicted molar refractivity (Wildman–Crippen MR) is 123 cm³/mol. The maximum absolute atomic E-state index is 13.0. The molecule has 2 heterocycles. The molecule has 0 bridgehead atoms. The predicted octanol–water partition coefficient (Wildman–Crippen LogP) is 3.24. The van der Waals surface area contributed by atoms with Gasteiger partial charge in [-0.3, -0.25) is 14.4 Å². The van der Waals surface area contributed by atoms with E-state index in [4.69, 9.17) is 4.74 Å². The molecular formula is C25H26F3N3O4. The number of para-hydroxylation sites is 1. The highest BCUT2D eigenvalue weighted by atomic mass is 19.4. The van der Waals surface area contributed by atoms with Crippen molar-refractivity contribution in [2.24, 2.45) is 11.8 Å². The molecule has 4 rings (SSSR count). The monoisotopic (exact) mass is 489 g/mol. The number of alkyl halides is 3. The lowest BCUT2D eigenvalue weighted by Gasteiger charge is -2.19. The number of esters is 1. The molecule has 1 N–H and O–H groups in total. The lowest BCUT2D eigenvalue weighted by atomic mass is 10.1. The Hall–Kier alpha value is -3.56. The molecule has 2 saturated heterocycles. The number of anilines is 2. The Morgan fingerprint density at radius 2 is 1.77 bits per heavy atom. The van der Waals surface area contributed by atoms with Gasteiger partial charge < -0.3 is 19.9 Å². The first-order chi connectivity index (χ1) is 16.7. The van der Waals surface area contributed by atoms with Gasteiger partial charge in [-0.1, -0.05) is 24.3 Å². The smallest absolute Gasteiger partial charge is 0.416 e. The molecule has 2 aromatic rings. The molecule has 2 aromatic carbocycles. The molecule has 0 radical (unpaired) electrons. The van der Waals surface area contributed by atoms with Crippen LogP contribution in [0.5, 0.6) is 0 Å². The van der Waals surface area contributed by atoms with Crippen LogP contribution in [0, 0.1) is 11.8 Å². The molecule has 0 aromatic heterocycles. The van der Waals surface area contributed by atoms with Gasteiger partial charge in [0.25, 0.3) is 5.91 Å². The zero-order valence-electron chi connectivity index (χ0n) is 19.0. The first kappa shape index (κ1) is 24.6. The SMILES string of the molecule is O=C(COC(=O)C1CC(=O)N(c2cccc(C(F)(F)F)c2)C1)NCC1CCN(c2ccccc2)C1. The number of nitrogens with one attached hydrogen (secondary N) is 1. The molecule has 2 fully saturated rings. The minimum Gasteiger partial charge on any atom is -0.455 e. The van der Waals surface area contributed by atoms with Crippen molar-refractivity contribution in [3.63, 3.8) is 0 Å². The van der Waals surface area contributed by atoms with Crippen molar-refractivity contribution < 1.29 is 32.3 Å².